The van der Waals surface area contributed by atoms with Crippen molar-refractivity contribution in [1.29, 1.82) is 0 Å². The van der Waals surface area contributed by atoms with Gasteiger partial charge in [0.15, 0.2) is 0 Å². The first-order chi connectivity index (χ1) is 5.72. The van der Waals surface area contributed by atoms with Crippen molar-refractivity contribution in [1.82, 2.24) is 0 Å². The highest BCUT2D eigenvalue weighted by molar-refractivity contribution is 14.1. The maximum atomic E-state index is 2.40. The van der Waals surface area contributed by atoms with E-state index in [-0.39, 0.29) is 0 Å². The molecule has 2 rings (SSSR count). The van der Waals surface area contributed by atoms with Crippen molar-refractivity contribution in [2.24, 2.45) is 0 Å². The van der Waals surface area contributed by atoms with Gasteiger partial charge in [-0.1, -0.05) is 25.1 Å². The van der Waals surface area contributed by atoms with Crippen molar-refractivity contribution in [3.8, 4) is 0 Å². The fourth-order valence-electron chi connectivity index (χ4n) is 1.74. The van der Waals surface area contributed by atoms with Gasteiger partial charge in [0, 0.05) is 17.6 Å². The smallest absolute Gasteiger partial charge is 0.0594 e. The zero-order chi connectivity index (χ0) is 8.72. The number of benzene rings is 1. The third kappa shape index (κ3) is 1.04. The highest BCUT2D eigenvalue weighted by Crippen LogP contribution is 2.42. The quantitative estimate of drug-likeness (QED) is 0.517. The summed E-state index contributed by atoms with van der Waals surface area (Å²) in [4.78, 5) is 0. The van der Waals surface area contributed by atoms with Gasteiger partial charge in [0.2, 0.25) is 0 Å². The van der Waals surface area contributed by atoms with Crippen LogP contribution >= 0.6 is 22.9 Å². The topological polar surface area (TPSA) is 3.24 Å². The standard InChI is InChI=1S/C10H12IN/c1-7-8(2)12(11)10-6-4-3-5-9(7)10/h3-8H,1-2H3. The molecule has 1 heterocycles. The number of nitrogens with zero attached hydrogens (tertiary/aromatic N) is 1. The first-order valence-electron chi connectivity index (χ1n) is 4.25. The maximum Gasteiger partial charge on any atom is 0.0594 e. The molecule has 1 aromatic carbocycles. The Hall–Kier alpha value is -0.250. The fourth-order valence-corrected chi connectivity index (χ4v) is 2.66. The molecule has 0 bridgehead atoms. The molecule has 0 fully saturated rings. The first-order valence-corrected chi connectivity index (χ1v) is 5.22. The Morgan fingerprint density at radius 2 is 1.92 bits per heavy atom. The van der Waals surface area contributed by atoms with Crippen LogP contribution in [0, 0.1) is 0 Å². The van der Waals surface area contributed by atoms with Crippen LogP contribution in [0.15, 0.2) is 24.3 Å². The molecule has 0 radical (unpaired) electrons. The van der Waals surface area contributed by atoms with Crippen molar-refractivity contribution >= 4 is 28.6 Å². The number of anilines is 1. The van der Waals surface area contributed by atoms with Crippen molar-refractivity contribution in [2.45, 2.75) is 25.8 Å². The molecular formula is C10H12IN. The third-order valence-corrected chi connectivity index (χ3v) is 4.14. The van der Waals surface area contributed by atoms with Crippen LogP contribution in [0.2, 0.25) is 0 Å². The summed E-state index contributed by atoms with van der Waals surface area (Å²) in [5, 5.41) is 0. The molecule has 1 aliphatic heterocycles. The molecule has 0 amide bonds. The lowest BCUT2D eigenvalue weighted by atomic mass is 9.99. The molecule has 2 unspecified atom stereocenters. The summed E-state index contributed by atoms with van der Waals surface area (Å²) in [6.45, 7) is 4.57. The van der Waals surface area contributed by atoms with E-state index in [4.69, 9.17) is 0 Å². The normalized spacial score (nSPS) is 27.4. The van der Waals surface area contributed by atoms with E-state index >= 15 is 0 Å². The molecule has 2 atom stereocenters. The summed E-state index contributed by atoms with van der Waals surface area (Å²) in [6.07, 6.45) is 0. The second kappa shape index (κ2) is 2.91. The number of halogens is 1. The predicted octanol–water partition coefficient (Wildman–Crippen LogP) is 3.35. The SMILES string of the molecule is CC1c2ccccc2N(I)C1C. The van der Waals surface area contributed by atoms with Crippen LogP contribution in [-0.2, 0) is 0 Å². The summed E-state index contributed by atoms with van der Waals surface area (Å²) in [6, 6.07) is 9.28. The molecule has 2 heteroatoms. The Balaban J connectivity index is 2.52. The van der Waals surface area contributed by atoms with Crippen molar-refractivity contribution < 1.29 is 0 Å². The molecule has 1 nitrogen and oxygen atoms in total. The van der Waals surface area contributed by atoms with Crippen LogP contribution in [0.5, 0.6) is 0 Å². The average Bonchev–Trinajstić information content (AvgIpc) is 2.33. The number of hydrogen-bond acceptors (Lipinski definition) is 1. The molecule has 12 heavy (non-hydrogen) atoms. The van der Waals surface area contributed by atoms with Gasteiger partial charge in [0.05, 0.1) is 22.9 Å². The summed E-state index contributed by atoms with van der Waals surface area (Å²) in [5.41, 5.74) is 2.87. The minimum absolute atomic E-state index is 0.628. The molecule has 0 aromatic heterocycles. The zero-order valence-corrected chi connectivity index (χ0v) is 9.45. The molecule has 0 saturated carbocycles. The van der Waals surface area contributed by atoms with E-state index in [9.17, 15) is 0 Å². The number of rotatable bonds is 0. The second-order valence-corrected chi connectivity index (χ2v) is 4.44. The Bertz CT molecular complexity index is 269. The molecule has 1 aliphatic rings. The molecule has 64 valence electrons. The highest BCUT2D eigenvalue weighted by atomic mass is 127. The van der Waals surface area contributed by atoms with Gasteiger partial charge in [0.25, 0.3) is 0 Å². The largest absolute Gasteiger partial charge is 0.311 e. The Morgan fingerprint density at radius 3 is 2.58 bits per heavy atom. The number of hydrogen-bond donors (Lipinski definition) is 0. The van der Waals surface area contributed by atoms with E-state index in [0.29, 0.717) is 12.0 Å². The van der Waals surface area contributed by atoms with Gasteiger partial charge in [-0.3, -0.25) is 0 Å². The highest BCUT2D eigenvalue weighted by Gasteiger charge is 2.30. The Labute approximate surface area is 87.3 Å². The van der Waals surface area contributed by atoms with Crippen LogP contribution in [0.1, 0.15) is 25.3 Å². The van der Waals surface area contributed by atoms with Crippen LogP contribution < -0.4 is 3.11 Å². The minimum Gasteiger partial charge on any atom is -0.311 e. The fraction of sp³-hybridized carbons (Fsp3) is 0.400. The van der Waals surface area contributed by atoms with E-state index in [1.165, 1.54) is 11.3 Å². The van der Waals surface area contributed by atoms with Crippen LogP contribution in [0.3, 0.4) is 0 Å². The first kappa shape index (κ1) is 8.35. The maximum absolute atomic E-state index is 2.40. The number of para-hydroxylation sites is 1. The molecule has 1 aromatic rings. The van der Waals surface area contributed by atoms with Gasteiger partial charge in [0.1, 0.15) is 0 Å². The number of fused-ring (bicyclic) bond motifs is 1. The van der Waals surface area contributed by atoms with Gasteiger partial charge >= 0.3 is 0 Å². The van der Waals surface area contributed by atoms with Crippen LogP contribution in [0.25, 0.3) is 0 Å². The van der Waals surface area contributed by atoms with E-state index in [0.717, 1.165) is 0 Å². The molecule has 0 aliphatic carbocycles. The molecule has 0 spiro atoms. The van der Waals surface area contributed by atoms with E-state index in [1.807, 2.05) is 0 Å². The van der Waals surface area contributed by atoms with Crippen molar-refractivity contribution in [3.63, 3.8) is 0 Å². The van der Waals surface area contributed by atoms with E-state index < -0.39 is 0 Å². The summed E-state index contributed by atoms with van der Waals surface area (Å²) in [7, 11) is 0. The summed E-state index contributed by atoms with van der Waals surface area (Å²) in [5.74, 6) is 0.665. The van der Waals surface area contributed by atoms with Crippen molar-refractivity contribution in [2.75, 3.05) is 3.11 Å². The third-order valence-electron chi connectivity index (χ3n) is 2.74. The van der Waals surface area contributed by atoms with Gasteiger partial charge in [-0.2, -0.15) is 0 Å². The van der Waals surface area contributed by atoms with Gasteiger partial charge < -0.3 is 3.11 Å². The van der Waals surface area contributed by atoms with Crippen LogP contribution in [0.4, 0.5) is 5.69 Å². The Kier molecular flexibility index (Phi) is 2.02. The predicted molar refractivity (Wildman–Crippen MR) is 60.8 cm³/mol. The van der Waals surface area contributed by atoms with Crippen molar-refractivity contribution in [3.05, 3.63) is 29.8 Å². The molecule has 0 N–H and O–H groups in total. The van der Waals surface area contributed by atoms with Gasteiger partial charge in [-0.05, 0) is 18.6 Å². The second-order valence-electron chi connectivity index (χ2n) is 3.40. The monoisotopic (exact) mass is 273 g/mol. The average molecular weight is 273 g/mol. The lowest BCUT2D eigenvalue weighted by Gasteiger charge is -2.17. The van der Waals surface area contributed by atoms with Gasteiger partial charge in [-0.15, -0.1) is 0 Å². The minimum atomic E-state index is 0.628. The summed E-state index contributed by atoms with van der Waals surface area (Å²) < 4.78 is 2.33. The van der Waals surface area contributed by atoms with E-state index in [1.54, 1.807) is 0 Å². The van der Waals surface area contributed by atoms with Crippen LogP contribution in [-0.4, -0.2) is 6.04 Å². The van der Waals surface area contributed by atoms with Gasteiger partial charge in [-0.25, -0.2) is 0 Å². The zero-order valence-electron chi connectivity index (χ0n) is 7.29. The lowest BCUT2D eigenvalue weighted by Crippen LogP contribution is -2.19. The summed E-state index contributed by atoms with van der Waals surface area (Å²) >= 11 is 2.40. The molecular weight excluding hydrogens is 261 g/mol. The lowest BCUT2D eigenvalue weighted by molar-refractivity contribution is 0.671. The van der Waals surface area contributed by atoms with E-state index in [2.05, 4.69) is 64.1 Å². The molecule has 0 saturated heterocycles. The Morgan fingerprint density at radius 1 is 1.25 bits per heavy atom.